The highest BCUT2D eigenvalue weighted by molar-refractivity contribution is 5.94. The van der Waals surface area contributed by atoms with Crippen LogP contribution in [0.3, 0.4) is 0 Å². The van der Waals surface area contributed by atoms with Crippen LogP contribution in [0.5, 0.6) is 0 Å². The van der Waals surface area contributed by atoms with Gasteiger partial charge in [-0.25, -0.2) is 13.9 Å². The molecule has 3 aromatic rings. The number of aromatic carboxylic acids is 1. The van der Waals surface area contributed by atoms with Crippen LogP contribution in [0, 0.1) is 5.82 Å². The second kappa shape index (κ2) is 4.65. The van der Waals surface area contributed by atoms with Crippen LogP contribution in [0.1, 0.15) is 10.4 Å². The van der Waals surface area contributed by atoms with Crippen LogP contribution in [-0.4, -0.2) is 20.9 Å². The van der Waals surface area contributed by atoms with Crippen LogP contribution < -0.4 is 0 Å². The van der Waals surface area contributed by atoms with Crippen LogP contribution in [0.15, 0.2) is 53.3 Å². The summed E-state index contributed by atoms with van der Waals surface area (Å²) in [5, 5.41) is 13.2. The summed E-state index contributed by atoms with van der Waals surface area (Å²) in [6, 6.07) is 9.21. The Labute approximate surface area is 112 Å². The third-order valence-electron chi connectivity index (χ3n) is 2.83. The predicted octanol–water partition coefficient (Wildman–Crippen LogP) is 2.97. The van der Waals surface area contributed by atoms with Gasteiger partial charge in [-0.3, -0.25) is 0 Å². The first-order chi connectivity index (χ1) is 9.68. The SMILES string of the molecule is O=C(O)c1cnn(-c2ccccc2F)c1-c1ccco1. The van der Waals surface area contributed by atoms with E-state index in [9.17, 15) is 14.3 Å². The molecule has 0 amide bonds. The number of benzene rings is 1. The van der Waals surface area contributed by atoms with Gasteiger partial charge in [0.1, 0.15) is 22.8 Å². The number of para-hydroxylation sites is 1. The van der Waals surface area contributed by atoms with Gasteiger partial charge < -0.3 is 9.52 Å². The number of aromatic nitrogens is 2. The van der Waals surface area contributed by atoms with Crippen LogP contribution in [-0.2, 0) is 0 Å². The number of hydrogen-bond acceptors (Lipinski definition) is 3. The topological polar surface area (TPSA) is 68.3 Å². The summed E-state index contributed by atoms with van der Waals surface area (Å²) in [7, 11) is 0. The molecule has 0 fully saturated rings. The van der Waals surface area contributed by atoms with Crippen LogP contribution in [0.4, 0.5) is 4.39 Å². The number of hydrogen-bond donors (Lipinski definition) is 1. The van der Waals surface area contributed by atoms with Crippen molar-refractivity contribution >= 4 is 5.97 Å². The average molecular weight is 272 g/mol. The fraction of sp³-hybridized carbons (Fsp3) is 0. The monoisotopic (exact) mass is 272 g/mol. The minimum Gasteiger partial charge on any atom is -0.478 e. The summed E-state index contributed by atoms with van der Waals surface area (Å²) in [5.41, 5.74) is 0.308. The van der Waals surface area contributed by atoms with Gasteiger partial charge in [0.25, 0.3) is 0 Å². The van der Waals surface area contributed by atoms with Gasteiger partial charge in [0.15, 0.2) is 5.76 Å². The van der Waals surface area contributed by atoms with E-state index in [1.807, 2.05) is 0 Å². The molecule has 2 aromatic heterocycles. The molecule has 0 atom stereocenters. The number of carbonyl (C=O) groups is 1. The van der Waals surface area contributed by atoms with Crippen molar-refractivity contribution in [2.24, 2.45) is 0 Å². The molecule has 100 valence electrons. The Kier molecular flexibility index (Phi) is 2.83. The molecule has 0 bridgehead atoms. The molecule has 20 heavy (non-hydrogen) atoms. The highest BCUT2D eigenvalue weighted by Gasteiger charge is 2.22. The standard InChI is InChI=1S/C14H9FN2O3/c15-10-4-1-2-5-11(10)17-13(12-6-3-7-20-12)9(8-16-17)14(18)19/h1-8H,(H,18,19). The molecule has 0 aliphatic carbocycles. The maximum Gasteiger partial charge on any atom is 0.339 e. The summed E-state index contributed by atoms with van der Waals surface area (Å²) in [6.45, 7) is 0. The van der Waals surface area contributed by atoms with E-state index in [2.05, 4.69) is 5.10 Å². The molecular formula is C14H9FN2O3. The molecule has 1 aromatic carbocycles. The first kappa shape index (κ1) is 12.2. The van der Waals surface area contributed by atoms with Gasteiger partial charge >= 0.3 is 5.97 Å². The molecule has 2 heterocycles. The molecule has 0 unspecified atom stereocenters. The van der Waals surface area contributed by atoms with E-state index in [1.54, 1.807) is 24.3 Å². The Morgan fingerprint density at radius 2 is 2.05 bits per heavy atom. The number of carboxylic acids is 1. The Hall–Kier alpha value is -2.89. The van der Waals surface area contributed by atoms with Gasteiger partial charge in [0.2, 0.25) is 0 Å². The van der Waals surface area contributed by atoms with Gasteiger partial charge in [-0.1, -0.05) is 12.1 Å². The van der Waals surface area contributed by atoms with Crippen LogP contribution in [0.2, 0.25) is 0 Å². The lowest BCUT2D eigenvalue weighted by molar-refractivity contribution is 0.0697. The minimum absolute atomic E-state index is 0.0526. The van der Waals surface area contributed by atoms with E-state index in [0.717, 1.165) is 0 Å². The summed E-state index contributed by atoms with van der Waals surface area (Å²) in [6.07, 6.45) is 2.59. The van der Waals surface area contributed by atoms with Crippen molar-refractivity contribution in [3.8, 4) is 17.1 Å². The van der Waals surface area contributed by atoms with Gasteiger partial charge in [-0.05, 0) is 24.3 Å². The second-order valence-corrected chi connectivity index (χ2v) is 4.05. The third kappa shape index (κ3) is 1.87. The normalized spacial score (nSPS) is 10.7. The second-order valence-electron chi connectivity index (χ2n) is 4.05. The molecular weight excluding hydrogens is 263 g/mol. The summed E-state index contributed by atoms with van der Waals surface area (Å²) in [5.74, 6) is -1.34. The van der Waals surface area contributed by atoms with Crippen LogP contribution >= 0.6 is 0 Å². The quantitative estimate of drug-likeness (QED) is 0.795. The molecule has 3 rings (SSSR count). The van der Waals surface area contributed by atoms with Crippen molar-refractivity contribution in [1.29, 1.82) is 0 Å². The lowest BCUT2D eigenvalue weighted by Crippen LogP contribution is -2.04. The fourth-order valence-corrected chi connectivity index (χ4v) is 1.96. The highest BCUT2D eigenvalue weighted by Crippen LogP contribution is 2.28. The summed E-state index contributed by atoms with van der Waals surface area (Å²) >= 11 is 0. The van der Waals surface area contributed by atoms with Crippen molar-refractivity contribution in [2.45, 2.75) is 0 Å². The van der Waals surface area contributed by atoms with Crippen molar-refractivity contribution in [3.05, 3.63) is 60.2 Å². The summed E-state index contributed by atoms with van der Waals surface area (Å²) < 4.78 is 20.3. The molecule has 0 radical (unpaired) electrons. The predicted molar refractivity (Wildman–Crippen MR) is 68.2 cm³/mol. The number of rotatable bonds is 3. The van der Waals surface area contributed by atoms with Crippen molar-refractivity contribution in [1.82, 2.24) is 9.78 Å². The largest absolute Gasteiger partial charge is 0.478 e. The minimum atomic E-state index is -1.15. The van der Waals surface area contributed by atoms with Crippen LogP contribution in [0.25, 0.3) is 17.1 Å². The maximum absolute atomic E-state index is 13.9. The van der Waals surface area contributed by atoms with Gasteiger partial charge in [0, 0.05) is 0 Å². The number of furan rings is 1. The Morgan fingerprint density at radius 3 is 2.70 bits per heavy atom. The van der Waals surface area contributed by atoms with E-state index in [1.165, 1.54) is 29.3 Å². The Balaban J connectivity index is 2.28. The molecule has 6 heteroatoms. The highest BCUT2D eigenvalue weighted by atomic mass is 19.1. The molecule has 0 spiro atoms. The molecule has 5 nitrogen and oxygen atoms in total. The zero-order valence-electron chi connectivity index (χ0n) is 10.2. The lowest BCUT2D eigenvalue weighted by atomic mass is 10.2. The molecule has 0 saturated heterocycles. The molecule has 1 N–H and O–H groups in total. The van der Waals surface area contributed by atoms with E-state index in [0.29, 0.717) is 5.76 Å². The van der Waals surface area contributed by atoms with E-state index < -0.39 is 11.8 Å². The Bertz CT molecular complexity index is 763. The van der Waals surface area contributed by atoms with E-state index in [4.69, 9.17) is 4.42 Å². The number of halogens is 1. The van der Waals surface area contributed by atoms with E-state index >= 15 is 0 Å². The van der Waals surface area contributed by atoms with Crippen molar-refractivity contribution < 1.29 is 18.7 Å². The van der Waals surface area contributed by atoms with Crippen molar-refractivity contribution in [2.75, 3.05) is 0 Å². The first-order valence-corrected chi connectivity index (χ1v) is 5.78. The van der Waals surface area contributed by atoms with Gasteiger partial charge in [0.05, 0.1) is 12.5 Å². The maximum atomic E-state index is 13.9. The summed E-state index contributed by atoms with van der Waals surface area (Å²) in [4.78, 5) is 11.3. The van der Waals surface area contributed by atoms with Gasteiger partial charge in [-0.15, -0.1) is 0 Å². The van der Waals surface area contributed by atoms with E-state index in [-0.39, 0.29) is 16.9 Å². The zero-order chi connectivity index (χ0) is 14.1. The third-order valence-corrected chi connectivity index (χ3v) is 2.83. The number of nitrogens with zero attached hydrogens (tertiary/aromatic N) is 2. The molecule has 0 saturated carbocycles. The number of carboxylic acid groups (broad SMARTS) is 1. The molecule has 0 aliphatic rings. The fourth-order valence-electron chi connectivity index (χ4n) is 1.96. The first-order valence-electron chi connectivity index (χ1n) is 5.78. The average Bonchev–Trinajstić information content (AvgIpc) is 3.07. The Morgan fingerprint density at radius 1 is 1.25 bits per heavy atom. The molecule has 0 aliphatic heterocycles. The lowest BCUT2D eigenvalue weighted by Gasteiger charge is -2.07. The smallest absolute Gasteiger partial charge is 0.339 e. The van der Waals surface area contributed by atoms with Crippen molar-refractivity contribution in [3.63, 3.8) is 0 Å². The zero-order valence-corrected chi connectivity index (χ0v) is 10.2. The van der Waals surface area contributed by atoms with Gasteiger partial charge in [-0.2, -0.15) is 5.10 Å².